The van der Waals surface area contributed by atoms with Gasteiger partial charge >= 0.3 is 5.69 Å². The van der Waals surface area contributed by atoms with Crippen LogP contribution in [0.25, 0.3) is 0 Å². The molecule has 0 unspecified atom stereocenters. The number of hydrogen-bond donors (Lipinski definition) is 0. The summed E-state index contributed by atoms with van der Waals surface area (Å²) in [4.78, 5) is 24.8. The van der Waals surface area contributed by atoms with Gasteiger partial charge in [-0.15, -0.1) is 0 Å². The van der Waals surface area contributed by atoms with Crippen molar-refractivity contribution in [1.82, 2.24) is 8.54 Å². The Morgan fingerprint density at radius 2 is 1.75 bits per heavy atom. The highest BCUT2D eigenvalue weighted by Gasteiger charge is 2.23. The van der Waals surface area contributed by atoms with E-state index in [9.17, 15) is 18.0 Å². The van der Waals surface area contributed by atoms with Crippen LogP contribution in [0.5, 0.6) is 5.75 Å². The molecule has 0 atom stereocenters. The van der Waals surface area contributed by atoms with Gasteiger partial charge in [-0.3, -0.25) is 4.79 Å². The van der Waals surface area contributed by atoms with Crippen molar-refractivity contribution in [2.75, 3.05) is 6.61 Å². The summed E-state index contributed by atoms with van der Waals surface area (Å²) in [7, 11) is -4.10. The van der Waals surface area contributed by atoms with Crippen LogP contribution in [0.3, 0.4) is 0 Å². The van der Waals surface area contributed by atoms with Gasteiger partial charge in [0, 0.05) is 12.4 Å². The van der Waals surface area contributed by atoms with Gasteiger partial charge in [-0.05, 0) is 61.7 Å². The van der Waals surface area contributed by atoms with E-state index in [0.29, 0.717) is 9.72 Å². The quantitative estimate of drug-likeness (QED) is 0.657. The second-order valence-electron chi connectivity index (χ2n) is 6.50. The molecule has 3 rings (SSSR count). The summed E-state index contributed by atoms with van der Waals surface area (Å²) < 4.78 is 32.2. The van der Waals surface area contributed by atoms with Crippen LogP contribution in [0.2, 0.25) is 0 Å². The zero-order valence-electron chi connectivity index (χ0n) is 15.7. The minimum atomic E-state index is -4.10. The Morgan fingerprint density at radius 1 is 1.00 bits per heavy atom. The molecule has 146 valence electrons. The molecule has 1 heterocycles. The highest BCUT2D eigenvalue weighted by Crippen LogP contribution is 2.17. The first-order chi connectivity index (χ1) is 13.2. The molecule has 0 fully saturated rings. The van der Waals surface area contributed by atoms with Crippen molar-refractivity contribution >= 4 is 15.9 Å². The smallest absolute Gasteiger partial charge is 0.349 e. The summed E-state index contributed by atoms with van der Waals surface area (Å²) in [5, 5.41) is 0. The van der Waals surface area contributed by atoms with Gasteiger partial charge in [0.1, 0.15) is 5.75 Å². The fourth-order valence-electron chi connectivity index (χ4n) is 2.64. The highest BCUT2D eigenvalue weighted by atomic mass is 32.2. The topological polar surface area (TPSA) is 87.4 Å². The molecule has 3 aromatic rings. The predicted octanol–water partition coefficient (Wildman–Crippen LogP) is 2.53. The maximum absolute atomic E-state index is 12.8. The van der Waals surface area contributed by atoms with E-state index < -0.39 is 28.2 Å². The van der Waals surface area contributed by atoms with E-state index in [0.717, 1.165) is 33.7 Å². The lowest BCUT2D eigenvalue weighted by molar-refractivity contribution is 0.0833. The molecule has 0 aliphatic heterocycles. The van der Waals surface area contributed by atoms with Gasteiger partial charge < -0.3 is 4.74 Å². The van der Waals surface area contributed by atoms with Crippen molar-refractivity contribution in [3.05, 3.63) is 82.0 Å². The first-order valence-corrected chi connectivity index (χ1v) is 9.99. The van der Waals surface area contributed by atoms with E-state index in [1.165, 1.54) is 12.1 Å². The van der Waals surface area contributed by atoms with Gasteiger partial charge in [-0.2, -0.15) is 3.97 Å². The number of carbonyl (C=O) groups is 1. The van der Waals surface area contributed by atoms with Gasteiger partial charge in [-0.1, -0.05) is 18.2 Å². The predicted molar refractivity (Wildman–Crippen MR) is 104 cm³/mol. The van der Waals surface area contributed by atoms with Gasteiger partial charge in [-0.25, -0.2) is 17.8 Å². The first kappa shape index (κ1) is 19.6. The molecule has 0 saturated heterocycles. The van der Waals surface area contributed by atoms with Crippen molar-refractivity contribution in [1.29, 1.82) is 0 Å². The molecule has 0 saturated carbocycles. The minimum Gasteiger partial charge on any atom is -0.484 e. The average Bonchev–Trinajstić information content (AvgIpc) is 3.04. The molecule has 28 heavy (non-hydrogen) atoms. The lowest BCUT2D eigenvalue weighted by Crippen LogP contribution is -2.34. The summed E-state index contributed by atoms with van der Waals surface area (Å²) in [6.45, 7) is 5.14. The second kappa shape index (κ2) is 7.47. The maximum Gasteiger partial charge on any atom is 0.349 e. The minimum absolute atomic E-state index is 0.0149. The molecule has 0 radical (unpaired) electrons. The molecule has 0 bridgehead atoms. The number of hydrogen-bond acceptors (Lipinski definition) is 5. The van der Waals surface area contributed by atoms with E-state index in [4.69, 9.17) is 4.74 Å². The first-order valence-electron chi connectivity index (χ1n) is 8.55. The van der Waals surface area contributed by atoms with Crippen LogP contribution in [0.4, 0.5) is 0 Å². The van der Waals surface area contributed by atoms with Crippen molar-refractivity contribution in [2.45, 2.75) is 25.7 Å². The number of benzene rings is 2. The van der Waals surface area contributed by atoms with Crippen LogP contribution in [-0.4, -0.2) is 29.5 Å². The van der Waals surface area contributed by atoms with Crippen molar-refractivity contribution in [3.8, 4) is 5.75 Å². The van der Waals surface area contributed by atoms with E-state index in [2.05, 4.69) is 0 Å². The lowest BCUT2D eigenvalue weighted by atomic mass is 10.1. The number of carbonyl (C=O) groups excluding carboxylic acids is 1. The maximum atomic E-state index is 12.8. The van der Waals surface area contributed by atoms with Crippen LogP contribution in [-0.2, 0) is 10.0 Å². The highest BCUT2D eigenvalue weighted by molar-refractivity contribution is 7.90. The third-order valence-electron chi connectivity index (χ3n) is 4.40. The second-order valence-corrected chi connectivity index (χ2v) is 8.31. The molecule has 7 nitrogen and oxygen atoms in total. The van der Waals surface area contributed by atoms with Crippen LogP contribution in [0.15, 0.2) is 64.5 Å². The van der Waals surface area contributed by atoms with Crippen LogP contribution >= 0.6 is 0 Å². The van der Waals surface area contributed by atoms with Gasteiger partial charge in [0.05, 0.1) is 4.90 Å². The Balaban J connectivity index is 1.85. The fraction of sp³-hybridized carbons (Fsp3) is 0.200. The Kier molecular flexibility index (Phi) is 5.24. The largest absolute Gasteiger partial charge is 0.484 e. The molecular weight excluding hydrogens is 380 g/mol. The monoisotopic (exact) mass is 400 g/mol. The Labute approximate surface area is 162 Å². The van der Waals surface area contributed by atoms with E-state index in [1.807, 2.05) is 19.9 Å². The summed E-state index contributed by atoms with van der Waals surface area (Å²) in [5.41, 5.74) is 1.73. The van der Waals surface area contributed by atoms with Gasteiger partial charge in [0.15, 0.2) is 6.61 Å². The lowest BCUT2D eigenvalue weighted by Gasteiger charge is -2.08. The van der Waals surface area contributed by atoms with Crippen molar-refractivity contribution in [3.63, 3.8) is 0 Å². The Morgan fingerprint density at radius 3 is 2.43 bits per heavy atom. The molecule has 0 spiro atoms. The number of aromatic nitrogens is 2. The molecular formula is C20H20N2O5S. The zero-order chi connectivity index (χ0) is 20.5. The van der Waals surface area contributed by atoms with Crippen LogP contribution in [0, 0.1) is 20.8 Å². The number of nitrogens with zero attached hydrogens (tertiary/aromatic N) is 2. The van der Waals surface area contributed by atoms with Crippen LogP contribution in [0.1, 0.15) is 21.5 Å². The van der Waals surface area contributed by atoms with E-state index >= 15 is 0 Å². The number of imidazole rings is 1. The molecule has 1 aromatic heterocycles. The zero-order valence-corrected chi connectivity index (χ0v) is 16.6. The van der Waals surface area contributed by atoms with E-state index in [-0.39, 0.29) is 4.90 Å². The molecule has 8 heteroatoms. The third kappa shape index (κ3) is 3.77. The number of rotatable bonds is 5. The fourth-order valence-corrected chi connectivity index (χ4v) is 3.94. The molecule has 0 amide bonds. The Hall–Kier alpha value is -3.13. The third-order valence-corrected chi connectivity index (χ3v) is 6.05. The molecule has 0 aliphatic rings. The molecule has 0 N–H and O–H groups in total. The summed E-state index contributed by atoms with van der Waals surface area (Å²) in [6, 6.07) is 11.7. The van der Waals surface area contributed by atoms with E-state index in [1.54, 1.807) is 31.2 Å². The normalized spacial score (nSPS) is 11.4. The molecule has 2 aromatic carbocycles. The Bertz CT molecular complexity index is 1210. The van der Waals surface area contributed by atoms with Crippen LogP contribution < -0.4 is 10.4 Å². The number of ether oxygens (including phenoxy) is 1. The SMILES string of the molecule is Cc1cccc(OCC(=O)n2ccn(S(=O)(=O)c3ccc(C)c(C)c3)c2=O)c1. The molecule has 0 aliphatic carbocycles. The van der Waals surface area contributed by atoms with Crippen molar-refractivity contribution < 1.29 is 17.9 Å². The van der Waals surface area contributed by atoms with Gasteiger partial charge in [0.2, 0.25) is 0 Å². The van der Waals surface area contributed by atoms with Crippen molar-refractivity contribution in [2.24, 2.45) is 0 Å². The summed E-state index contributed by atoms with van der Waals surface area (Å²) >= 11 is 0. The number of aryl methyl sites for hydroxylation is 3. The summed E-state index contributed by atoms with van der Waals surface area (Å²) in [6.07, 6.45) is 2.19. The average molecular weight is 400 g/mol. The van der Waals surface area contributed by atoms with Gasteiger partial charge in [0.25, 0.3) is 15.9 Å². The summed E-state index contributed by atoms with van der Waals surface area (Å²) in [5.74, 6) is -0.177. The standard InChI is InChI=1S/C20H20N2O5S/c1-14-5-4-6-17(11-14)27-13-19(23)21-9-10-22(20(21)24)28(25,26)18-8-7-15(2)16(3)12-18/h4-12H,13H2,1-3H3.